The van der Waals surface area contributed by atoms with E-state index in [1.807, 2.05) is 0 Å². The molecule has 1 aliphatic carbocycles. The quantitative estimate of drug-likeness (QED) is 0.624. The molecule has 2 N–H and O–H groups in total. The van der Waals surface area contributed by atoms with Crippen LogP contribution < -0.4 is 10.9 Å². The van der Waals surface area contributed by atoms with E-state index in [2.05, 4.69) is 24.1 Å². The van der Waals surface area contributed by atoms with Crippen molar-refractivity contribution in [2.75, 3.05) is 7.11 Å². The number of ether oxygens (including phenoxy) is 2. The zero-order chi connectivity index (χ0) is 20.4. The van der Waals surface area contributed by atoms with Gasteiger partial charge in [0.05, 0.1) is 7.11 Å². The summed E-state index contributed by atoms with van der Waals surface area (Å²) in [4.78, 5) is 39.4. The molecule has 1 aromatic rings. The van der Waals surface area contributed by atoms with Gasteiger partial charge in [-0.2, -0.15) is 0 Å². The molecule has 1 aliphatic rings. The molecule has 0 saturated heterocycles. The van der Waals surface area contributed by atoms with E-state index in [0.29, 0.717) is 0 Å². The zero-order valence-electron chi connectivity index (χ0n) is 16.8. The second-order valence-electron chi connectivity index (χ2n) is 8.58. The molecule has 0 spiro atoms. The van der Waals surface area contributed by atoms with Crippen molar-refractivity contribution in [1.82, 2.24) is 10.3 Å². The summed E-state index contributed by atoms with van der Waals surface area (Å²) in [5, 5.41) is 2.37. The predicted molar refractivity (Wildman–Crippen MR) is 102 cm³/mol. The number of hydrogen-bond acceptors (Lipinski definition) is 5. The minimum atomic E-state index is -0.797. The summed E-state index contributed by atoms with van der Waals surface area (Å²) >= 11 is 0. The Morgan fingerprint density at radius 1 is 1.30 bits per heavy atom. The smallest absolute Gasteiger partial charge is 0.412 e. The lowest BCUT2D eigenvalue weighted by molar-refractivity contribution is -0.136. The van der Waals surface area contributed by atoms with Crippen LogP contribution in [0.1, 0.15) is 57.9 Å². The lowest BCUT2D eigenvalue weighted by Gasteiger charge is -2.31. The SMILES string of the molecule is COC(=O)/C(=C/c1cc2c([nH]c1=O)CCC(C)(C)C2)NC(=O)OC(C)(C)C. The summed E-state index contributed by atoms with van der Waals surface area (Å²) in [6.45, 7) is 9.50. The van der Waals surface area contributed by atoms with E-state index in [9.17, 15) is 14.4 Å². The van der Waals surface area contributed by atoms with Crippen molar-refractivity contribution in [2.24, 2.45) is 5.41 Å². The van der Waals surface area contributed by atoms with Gasteiger partial charge >= 0.3 is 12.1 Å². The Kier molecular flexibility index (Phi) is 5.82. The minimum Gasteiger partial charge on any atom is -0.464 e. The number of hydrogen-bond donors (Lipinski definition) is 2. The molecule has 27 heavy (non-hydrogen) atoms. The Labute approximate surface area is 159 Å². The minimum absolute atomic E-state index is 0.145. The van der Waals surface area contributed by atoms with Gasteiger partial charge in [-0.1, -0.05) is 13.8 Å². The second-order valence-corrected chi connectivity index (χ2v) is 8.58. The largest absolute Gasteiger partial charge is 0.464 e. The first-order chi connectivity index (χ1) is 12.4. The summed E-state index contributed by atoms with van der Waals surface area (Å²) in [7, 11) is 1.20. The first-order valence-electron chi connectivity index (χ1n) is 8.95. The number of aryl methyl sites for hydroxylation is 1. The number of methoxy groups -OCH3 is 1. The molecule has 0 saturated carbocycles. The van der Waals surface area contributed by atoms with E-state index in [-0.39, 0.29) is 22.2 Å². The summed E-state index contributed by atoms with van der Waals surface area (Å²) in [6.07, 6.45) is 3.15. The highest BCUT2D eigenvalue weighted by molar-refractivity contribution is 5.96. The molecular formula is C20H28N2O5. The van der Waals surface area contributed by atoms with Crippen LogP contribution in [0.5, 0.6) is 0 Å². The Morgan fingerprint density at radius 3 is 2.56 bits per heavy atom. The topological polar surface area (TPSA) is 97.5 Å². The predicted octanol–water partition coefficient (Wildman–Crippen LogP) is 2.93. The highest BCUT2D eigenvalue weighted by Crippen LogP contribution is 2.33. The standard InChI is InChI=1S/C20H28N2O5/c1-19(2,3)27-18(25)22-15(17(24)26-6)10-12-9-13-11-20(4,5)8-7-14(13)21-16(12)23/h9-10H,7-8,11H2,1-6H3,(H,21,23)(H,22,25)/b15-10-. The van der Waals surface area contributed by atoms with E-state index in [0.717, 1.165) is 30.5 Å². The molecule has 1 amide bonds. The molecule has 7 nitrogen and oxygen atoms in total. The molecule has 1 aromatic heterocycles. The van der Waals surface area contributed by atoms with E-state index < -0.39 is 17.7 Å². The summed E-state index contributed by atoms with van der Waals surface area (Å²) in [6, 6.07) is 1.77. The fourth-order valence-corrected chi connectivity index (χ4v) is 3.01. The maximum atomic E-state index is 12.4. The van der Waals surface area contributed by atoms with Gasteiger partial charge in [-0.25, -0.2) is 9.59 Å². The molecule has 148 valence electrons. The Bertz CT molecular complexity index is 828. The highest BCUT2D eigenvalue weighted by Gasteiger charge is 2.26. The number of fused-ring (bicyclic) bond motifs is 1. The molecular weight excluding hydrogens is 348 g/mol. The number of carbonyl (C=O) groups excluding carboxylic acids is 2. The summed E-state index contributed by atoms with van der Waals surface area (Å²) in [5.74, 6) is -0.765. The number of esters is 1. The number of rotatable bonds is 3. The van der Waals surface area contributed by atoms with Gasteiger partial charge in [-0.15, -0.1) is 0 Å². The van der Waals surface area contributed by atoms with Crippen molar-refractivity contribution < 1.29 is 19.1 Å². The Hall–Kier alpha value is -2.57. The van der Waals surface area contributed by atoms with Gasteiger partial charge in [0.1, 0.15) is 11.3 Å². The highest BCUT2D eigenvalue weighted by atomic mass is 16.6. The van der Waals surface area contributed by atoms with Crippen molar-refractivity contribution in [3.63, 3.8) is 0 Å². The van der Waals surface area contributed by atoms with Crippen LogP contribution in [0.25, 0.3) is 6.08 Å². The third-order valence-electron chi connectivity index (χ3n) is 4.31. The van der Waals surface area contributed by atoms with E-state index >= 15 is 0 Å². The summed E-state index contributed by atoms with van der Waals surface area (Å²) in [5.41, 5.74) is 1.19. The second kappa shape index (κ2) is 7.58. The van der Waals surface area contributed by atoms with Crippen LogP contribution in [0.15, 0.2) is 16.6 Å². The van der Waals surface area contributed by atoms with Gasteiger partial charge in [-0.3, -0.25) is 10.1 Å². The van der Waals surface area contributed by atoms with Crippen molar-refractivity contribution in [3.8, 4) is 0 Å². The normalized spacial score (nSPS) is 16.3. The van der Waals surface area contributed by atoms with Crippen molar-refractivity contribution >= 4 is 18.1 Å². The maximum Gasteiger partial charge on any atom is 0.412 e. The fraction of sp³-hybridized carbons (Fsp3) is 0.550. The van der Waals surface area contributed by atoms with E-state index in [4.69, 9.17) is 9.47 Å². The van der Waals surface area contributed by atoms with Gasteiger partial charge < -0.3 is 14.5 Å². The van der Waals surface area contributed by atoms with Crippen LogP contribution in [0.4, 0.5) is 4.79 Å². The van der Waals surface area contributed by atoms with E-state index in [1.54, 1.807) is 26.8 Å². The molecule has 0 bridgehead atoms. The Balaban J connectivity index is 2.37. The van der Waals surface area contributed by atoms with Crippen LogP contribution in [0.3, 0.4) is 0 Å². The molecule has 7 heteroatoms. The van der Waals surface area contributed by atoms with Gasteiger partial charge in [0.2, 0.25) is 0 Å². The lowest BCUT2D eigenvalue weighted by Crippen LogP contribution is -2.34. The number of carbonyl (C=O) groups is 2. The molecule has 0 aliphatic heterocycles. The van der Waals surface area contributed by atoms with Crippen LogP contribution in [-0.2, 0) is 27.1 Å². The maximum absolute atomic E-state index is 12.4. The van der Waals surface area contributed by atoms with E-state index in [1.165, 1.54) is 13.2 Å². The van der Waals surface area contributed by atoms with Crippen molar-refractivity contribution in [1.29, 1.82) is 0 Å². The average Bonchev–Trinajstić information content (AvgIpc) is 2.52. The monoisotopic (exact) mass is 376 g/mol. The van der Waals surface area contributed by atoms with Gasteiger partial charge in [0.25, 0.3) is 5.56 Å². The number of H-pyrrole nitrogens is 1. The van der Waals surface area contributed by atoms with Crippen molar-refractivity contribution in [3.05, 3.63) is 38.9 Å². The van der Waals surface area contributed by atoms with Crippen molar-refractivity contribution in [2.45, 2.75) is 59.5 Å². The molecule has 0 fully saturated rings. The zero-order valence-corrected chi connectivity index (χ0v) is 16.8. The number of nitrogens with one attached hydrogen (secondary N) is 2. The van der Waals surface area contributed by atoms with Crippen LogP contribution in [0, 0.1) is 5.41 Å². The lowest BCUT2D eigenvalue weighted by atomic mass is 9.76. The molecule has 0 unspecified atom stereocenters. The summed E-state index contributed by atoms with van der Waals surface area (Å²) < 4.78 is 9.88. The number of alkyl carbamates (subject to hydrolysis) is 1. The average molecular weight is 376 g/mol. The third-order valence-corrected chi connectivity index (χ3v) is 4.31. The number of aromatic nitrogens is 1. The van der Waals surface area contributed by atoms with Crippen LogP contribution in [0.2, 0.25) is 0 Å². The van der Waals surface area contributed by atoms with Crippen LogP contribution in [-0.4, -0.2) is 29.8 Å². The molecule has 2 rings (SSSR count). The fourth-order valence-electron chi connectivity index (χ4n) is 3.01. The first-order valence-corrected chi connectivity index (χ1v) is 8.95. The number of amides is 1. The number of aromatic amines is 1. The molecule has 1 heterocycles. The third kappa shape index (κ3) is 5.70. The van der Waals surface area contributed by atoms with Gasteiger partial charge in [-0.05, 0) is 63.2 Å². The number of pyridine rings is 1. The molecule has 0 atom stereocenters. The van der Waals surface area contributed by atoms with Gasteiger partial charge in [0.15, 0.2) is 0 Å². The Morgan fingerprint density at radius 2 is 1.96 bits per heavy atom. The molecule has 0 aromatic carbocycles. The molecule has 0 radical (unpaired) electrons. The first kappa shape index (κ1) is 20.7. The van der Waals surface area contributed by atoms with Crippen LogP contribution >= 0.6 is 0 Å². The van der Waals surface area contributed by atoms with Gasteiger partial charge in [0, 0.05) is 11.3 Å².